The van der Waals surface area contributed by atoms with Crippen LogP contribution in [0.2, 0.25) is 0 Å². The SMILES string of the molecule is CC1CCCCC1.O=C=NC1CCCCC1. The van der Waals surface area contributed by atoms with Gasteiger partial charge in [0.15, 0.2) is 0 Å². The van der Waals surface area contributed by atoms with E-state index in [0.29, 0.717) is 6.04 Å². The van der Waals surface area contributed by atoms with E-state index in [1.807, 2.05) is 0 Å². The highest BCUT2D eigenvalue weighted by Crippen LogP contribution is 2.22. The molecule has 2 nitrogen and oxygen atoms in total. The molecular weight excluding hydrogens is 198 g/mol. The summed E-state index contributed by atoms with van der Waals surface area (Å²) in [6.07, 6.45) is 15.0. The average Bonchev–Trinajstić information content (AvgIpc) is 2.33. The zero-order chi connectivity index (χ0) is 11.6. The fraction of sp³-hybridized carbons (Fsp3) is 0.929. The second-order valence-corrected chi connectivity index (χ2v) is 5.26. The van der Waals surface area contributed by atoms with E-state index in [0.717, 1.165) is 18.8 Å². The van der Waals surface area contributed by atoms with Crippen LogP contribution in [0.3, 0.4) is 0 Å². The van der Waals surface area contributed by atoms with E-state index in [4.69, 9.17) is 0 Å². The Morgan fingerprint density at radius 1 is 0.875 bits per heavy atom. The second kappa shape index (κ2) is 8.52. The van der Waals surface area contributed by atoms with E-state index < -0.39 is 0 Å². The highest BCUT2D eigenvalue weighted by Gasteiger charge is 2.10. The summed E-state index contributed by atoms with van der Waals surface area (Å²) in [6, 6.07) is 0.302. The molecule has 0 radical (unpaired) electrons. The van der Waals surface area contributed by atoms with Gasteiger partial charge in [-0.1, -0.05) is 58.3 Å². The maximum absolute atomic E-state index is 9.78. The standard InChI is InChI=1S/C7H11NO.C7H14/c9-6-8-7-4-2-1-3-5-7;1-7-5-3-2-4-6-7/h7H,1-5H2;7H,2-6H2,1H3. The summed E-state index contributed by atoms with van der Waals surface area (Å²) in [5.41, 5.74) is 0. The predicted octanol–water partition coefficient (Wildman–Crippen LogP) is 4.24. The quantitative estimate of drug-likeness (QED) is 0.483. The fourth-order valence-electron chi connectivity index (χ4n) is 2.59. The molecule has 0 saturated heterocycles. The molecule has 0 aromatic heterocycles. The van der Waals surface area contributed by atoms with Gasteiger partial charge in [-0.3, -0.25) is 0 Å². The zero-order valence-electron chi connectivity index (χ0n) is 10.6. The van der Waals surface area contributed by atoms with Gasteiger partial charge >= 0.3 is 0 Å². The Bertz CT molecular complexity index is 209. The Labute approximate surface area is 99.5 Å². The van der Waals surface area contributed by atoms with Gasteiger partial charge in [-0.25, -0.2) is 9.79 Å². The minimum atomic E-state index is 0.302. The molecule has 16 heavy (non-hydrogen) atoms. The first-order valence-corrected chi connectivity index (χ1v) is 6.90. The molecule has 0 amide bonds. The molecule has 2 aliphatic carbocycles. The van der Waals surface area contributed by atoms with Crippen LogP contribution in [0.25, 0.3) is 0 Å². The molecule has 0 unspecified atom stereocenters. The number of hydrogen-bond acceptors (Lipinski definition) is 2. The molecule has 2 heteroatoms. The maximum Gasteiger partial charge on any atom is 0.235 e. The summed E-state index contributed by atoms with van der Waals surface area (Å²) in [4.78, 5) is 13.5. The molecule has 0 aromatic rings. The predicted molar refractivity (Wildman–Crippen MR) is 67.2 cm³/mol. The molecule has 92 valence electrons. The normalized spacial score (nSPS) is 22.8. The molecule has 2 fully saturated rings. The Morgan fingerprint density at radius 3 is 1.75 bits per heavy atom. The smallest absolute Gasteiger partial charge is 0.211 e. The number of nitrogens with zero attached hydrogens (tertiary/aromatic N) is 1. The minimum Gasteiger partial charge on any atom is -0.211 e. The molecule has 0 N–H and O–H groups in total. The van der Waals surface area contributed by atoms with Crippen LogP contribution in [-0.2, 0) is 4.79 Å². The Balaban J connectivity index is 0.000000165. The summed E-state index contributed by atoms with van der Waals surface area (Å²) in [5, 5.41) is 0. The van der Waals surface area contributed by atoms with Crippen molar-refractivity contribution in [3.05, 3.63) is 0 Å². The Hall–Kier alpha value is -0.620. The third kappa shape index (κ3) is 6.07. The van der Waals surface area contributed by atoms with Crippen LogP contribution in [0, 0.1) is 5.92 Å². The van der Waals surface area contributed by atoms with Crippen LogP contribution in [-0.4, -0.2) is 12.1 Å². The van der Waals surface area contributed by atoms with Gasteiger partial charge < -0.3 is 0 Å². The lowest BCUT2D eigenvalue weighted by atomic mass is 9.91. The van der Waals surface area contributed by atoms with Crippen molar-refractivity contribution >= 4 is 6.08 Å². The van der Waals surface area contributed by atoms with Crippen molar-refractivity contribution in [2.45, 2.75) is 77.2 Å². The van der Waals surface area contributed by atoms with Gasteiger partial charge in [0.2, 0.25) is 6.08 Å². The largest absolute Gasteiger partial charge is 0.235 e. The highest BCUT2D eigenvalue weighted by atomic mass is 16.1. The van der Waals surface area contributed by atoms with E-state index in [9.17, 15) is 4.79 Å². The van der Waals surface area contributed by atoms with Crippen molar-refractivity contribution < 1.29 is 4.79 Å². The molecule has 0 aromatic carbocycles. The van der Waals surface area contributed by atoms with Crippen molar-refractivity contribution in [3.8, 4) is 0 Å². The third-order valence-corrected chi connectivity index (χ3v) is 3.70. The first-order valence-electron chi connectivity index (χ1n) is 6.90. The molecule has 0 spiro atoms. The van der Waals surface area contributed by atoms with Gasteiger partial charge in [0.05, 0.1) is 6.04 Å². The van der Waals surface area contributed by atoms with Gasteiger partial charge in [0, 0.05) is 0 Å². The number of hydrogen-bond donors (Lipinski definition) is 0. The fourth-order valence-corrected chi connectivity index (χ4v) is 2.59. The zero-order valence-corrected chi connectivity index (χ0v) is 10.6. The molecule has 0 heterocycles. The van der Waals surface area contributed by atoms with Crippen LogP contribution >= 0.6 is 0 Å². The van der Waals surface area contributed by atoms with Gasteiger partial charge in [0.25, 0.3) is 0 Å². The number of rotatable bonds is 1. The van der Waals surface area contributed by atoms with Crippen molar-refractivity contribution in [1.82, 2.24) is 0 Å². The monoisotopic (exact) mass is 223 g/mol. The van der Waals surface area contributed by atoms with Crippen LogP contribution in [0.15, 0.2) is 4.99 Å². The van der Waals surface area contributed by atoms with E-state index in [1.54, 1.807) is 6.08 Å². The molecule has 2 aliphatic rings. The molecule has 0 bridgehead atoms. The Kier molecular flexibility index (Phi) is 7.16. The van der Waals surface area contributed by atoms with Crippen molar-refractivity contribution in [2.75, 3.05) is 0 Å². The van der Waals surface area contributed by atoms with Gasteiger partial charge in [-0.05, 0) is 18.8 Å². The molecular formula is C14H25NO. The molecule has 0 aliphatic heterocycles. The molecule has 2 rings (SSSR count). The summed E-state index contributed by atoms with van der Waals surface area (Å²) in [5.74, 6) is 1.04. The number of aliphatic imine (C=N–C) groups is 1. The van der Waals surface area contributed by atoms with E-state index >= 15 is 0 Å². The van der Waals surface area contributed by atoms with Crippen LogP contribution in [0.5, 0.6) is 0 Å². The van der Waals surface area contributed by atoms with Crippen molar-refractivity contribution in [2.24, 2.45) is 10.9 Å². The van der Waals surface area contributed by atoms with Crippen molar-refractivity contribution in [1.29, 1.82) is 0 Å². The lowest BCUT2D eigenvalue weighted by molar-refractivity contribution is 0.385. The van der Waals surface area contributed by atoms with Crippen LogP contribution in [0.1, 0.15) is 71.1 Å². The summed E-state index contributed by atoms with van der Waals surface area (Å²) < 4.78 is 0. The highest BCUT2D eigenvalue weighted by molar-refractivity contribution is 5.33. The van der Waals surface area contributed by atoms with E-state index in [-0.39, 0.29) is 0 Å². The van der Waals surface area contributed by atoms with Gasteiger partial charge in [-0.15, -0.1) is 0 Å². The Morgan fingerprint density at radius 2 is 1.38 bits per heavy atom. The second-order valence-electron chi connectivity index (χ2n) is 5.26. The number of carbonyl (C=O) groups excluding carboxylic acids is 1. The topological polar surface area (TPSA) is 29.4 Å². The first-order chi connectivity index (χ1) is 7.83. The van der Waals surface area contributed by atoms with Crippen molar-refractivity contribution in [3.63, 3.8) is 0 Å². The van der Waals surface area contributed by atoms with Crippen LogP contribution < -0.4 is 0 Å². The van der Waals surface area contributed by atoms with E-state index in [2.05, 4.69) is 11.9 Å². The van der Waals surface area contributed by atoms with Gasteiger partial charge in [-0.2, -0.15) is 0 Å². The maximum atomic E-state index is 9.78. The average molecular weight is 223 g/mol. The lowest BCUT2D eigenvalue weighted by Crippen LogP contribution is -2.08. The molecule has 2 saturated carbocycles. The lowest BCUT2D eigenvalue weighted by Gasteiger charge is -2.15. The third-order valence-electron chi connectivity index (χ3n) is 3.70. The summed E-state index contributed by atoms with van der Waals surface area (Å²) >= 11 is 0. The minimum absolute atomic E-state index is 0.302. The number of isocyanates is 1. The first kappa shape index (κ1) is 13.4. The summed E-state index contributed by atoms with van der Waals surface area (Å²) in [6.45, 7) is 2.36. The summed E-state index contributed by atoms with van der Waals surface area (Å²) in [7, 11) is 0. The van der Waals surface area contributed by atoms with Crippen LogP contribution in [0.4, 0.5) is 0 Å². The van der Waals surface area contributed by atoms with E-state index in [1.165, 1.54) is 51.4 Å². The van der Waals surface area contributed by atoms with Gasteiger partial charge in [0.1, 0.15) is 0 Å². The molecule has 0 atom stereocenters.